The second kappa shape index (κ2) is 4.36. The van der Waals surface area contributed by atoms with Gasteiger partial charge in [0.2, 0.25) is 0 Å². The van der Waals surface area contributed by atoms with E-state index >= 15 is 0 Å². The first kappa shape index (κ1) is 6.79. The smallest absolute Gasteiger partial charge is 0.161 e. The Balaban J connectivity index is 3.21. The fourth-order valence-corrected chi connectivity index (χ4v) is 0.979. The van der Waals surface area contributed by atoms with Gasteiger partial charge in [0.05, 0.1) is 26.7 Å². The van der Waals surface area contributed by atoms with E-state index in [-0.39, 0.29) is 5.56 Å². The highest BCUT2D eigenvalue weighted by atomic mass is 16.5. The van der Waals surface area contributed by atoms with Crippen molar-refractivity contribution in [3.8, 4) is 17.6 Å². The van der Waals surface area contributed by atoms with Crippen LogP contribution >= 0.6 is 0 Å². The summed E-state index contributed by atoms with van der Waals surface area (Å²) in [5.74, 6) is 0.920. The van der Waals surface area contributed by atoms with Crippen LogP contribution < -0.4 is 9.47 Å². The van der Waals surface area contributed by atoms with E-state index in [0.29, 0.717) is 11.5 Å². The zero-order valence-corrected chi connectivity index (χ0v) is 7.50. The number of hydrogen-bond acceptors (Lipinski definition) is 3. The van der Waals surface area contributed by atoms with E-state index in [9.17, 15) is 0 Å². The van der Waals surface area contributed by atoms with Crippen LogP contribution in [-0.4, -0.2) is 14.2 Å². The van der Waals surface area contributed by atoms with E-state index in [4.69, 9.17) is 17.5 Å². The molecular weight excluding hydrogens is 166 g/mol. The Morgan fingerprint density at radius 3 is 2.62 bits per heavy atom. The summed E-state index contributed by atoms with van der Waals surface area (Å²) in [6, 6.07) is 6.12. The molecule has 3 nitrogen and oxygen atoms in total. The van der Waals surface area contributed by atoms with Gasteiger partial charge in [-0.1, -0.05) is 6.07 Å². The van der Waals surface area contributed by atoms with Gasteiger partial charge in [-0.05, 0) is 17.7 Å². The number of hydrogen-bond donors (Lipinski definition) is 0. The molecule has 0 unspecified atom stereocenters. The Labute approximate surface area is 80.3 Å². The Kier molecular flexibility index (Phi) is 2.28. The molecule has 1 aromatic carbocycles. The van der Waals surface area contributed by atoms with Crippen LogP contribution in [0.25, 0.3) is 0 Å². The van der Waals surface area contributed by atoms with Gasteiger partial charge in [0.1, 0.15) is 0 Å². The van der Waals surface area contributed by atoms with Crippen molar-refractivity contribution in [2.45, 2.75) is 6.37 Å². The molecule has 1 aromatic rings. The summed E-state index contributed by atoms with van der Waals surface area (Å²) in [6.45, 7) is 0. The highest BCUT2D eigenvalue weighted by Gasteiger charge is 2.03. The molecule has 0 saturated carbocycles. The molecule has 0 aliphatic heterocycles. The molecule has 1 rings (SSSR count). The minimum absolute atomic E-state index is 0.252. The summed E-state index contributed by atoms with van der Waals surface area (Å²) in [5, 5.41) is 8.64. The summed E-state index contributed by atoms with van der Waals surface area (Å²) in [5.41, 5.74) is 0.252. The summed E-state index contributed by atoms with van der Waals surface area (Å²) in [7, 11) is 2.96. The predicted octanol–water partition coefficient (Wildman–Crippen LogP) is 1.77. The highest BCUT2D eigenvalue weighted by Crippen LogP contribution is 2.27. The monoisotopic (exact) mass is 179 g/mol. The maximum absolute atomic E-state index is 8.64. The van der Waals surface area contributed by atoms with Crippen LogP contribution in [0.1, 0.15) is 8.30 Å². The van der Waals surface area contributed by atoms with Gasteiger partial charge in [-0.15, -0.1) is 0 Å². The molecule has 0 amide bonds. The third kappa shape index (κ3) is 2.12. The quantitative estimate of drug-likeness (QED) is 0.710. The normalized spacial score (nSPS) is 12.4. The number of rotatable bonds is 3. The molecular formula is C10H11NO2. The molecule has 0 saturated heterocycles. The molecule has 0 spiro atoms. The van der Waals surface area contributed by atoms with Gasteiger partial charge in [0.15, 0.2) is 11.5 Å². The second-order valence-corrected chi connectivity index (χ2v) is 2.31. The summed E-state index contributed by atoms with van der Waals surface area (Å²) in [6.07, 6.45) is -2.01. The van der Waals surface area contributed by atoms with Crippen LogP contribution in [0.5, 0.6) is 11.5 Å². The molecule has 0 aromatic heterocycles. The van der Waals surface area contributed by atoms with Crippen LogP contribution in [0, 0.1) is 11.3 Å². The van der Waals surface area contributed by atoms with Crippen molar-refractivity contribution in [3.05, 3.63) is 23.8 Å². The SMILES string of the molecule is [2H]C([2H])(C#N)c1ccc(OC)c(OC)c1. The molecule has 68 valence electrons. The lowest BCUT2D eigenvalue weighted by atomic mass is 10.1. The fraction of sp³-hybridized carbons (Fsp3) is 0.300. The van der Waals surface area contributed by atoms with Crippen molar-refractivity contribution in [1.29, 1.82) is 5.26 Å². The lowest BCUT2D eigenvalue weighted by molar-refractivity contribution is 0.354. The first-order valence-electron chi connectivity index (χ1n) is 4.69. The van der Waals surface area contributed by atoms with Crippen molar-refractivity contribution in [2.24, 2.45) is 0 Å². The largest absolute Gasteiger partial charge is 0.493 e. The Hall–Kier alpha value is -1.69. The number of ether oxygens (including phenoxy) is 2. The van der Waals surface area contributed by atoms with Crippen LogP contribution in [0.3, 0.4) is 0 Å². The van der Waals surface area contributed by atoms with Crippen molar-refractivity contribution >= 4 is 0 Å². The van der Waals surface area contributed by atoms with Gasteiger partial charge < -0.3 is 9.47 Å². The summed E-state index contributed by atoms with van der Waals surface area (Å²) < 4.78 is 24.9. The molecule has 0 radical (unpaired) electrons. The predicted molar refractivity (Wildman–Crippen MR) is 48.9 cm³/mol. The van der Waals surface area contributed by atoms with E-state index in [1.54, 1.807) is 12.1 Å². The molecule has 0 fully saturated rings. The van der Waals surface area contributed by atoms with Gasteiger partial charge in [-0.3, -0.25) is 0 Å². The van der Waals surface area contributed by atoms with Crippen LogP contribution in [0.2, 0.25) is 0 Å². The fourth-order valence-electron chi connectivity index (χ4n) is 0.979. The summed E-state index contributed by atoms with van der Waals surface area (Å²) in [4.78, 5) is 0. The molecule has 0 aliphatic carbocycles. The molecule has 0 heterocycles. The van der Waals surface area contributed by atoms with Gasteiger partial charge >= 0.3 is 0 Å². The minimum Gasteiger partial charge on any atom is -0.493 e. The lowest BCUT2D eigenvalue weighted by Gasteiger charge is -2.07. The topological polar surface area (TPSA) is 42.2 Å². The van der Waals surface area contributed by atoms with Crippen LogP contribution in [0.4, 0.5) is 0 Å². The minimum atomic E-state index is -2.01. The second-order valence-electron chi connectivity index (χ2n) is 2.31. The lowest BCUT2D eigenvalue weighted by Crippen LogP contribution is -1.91. The number of benzene rings is 1. The number of nitrogens with zero attached hydrogens (tertiary/aromatic N) is 1. The first-order chi connectivity index (χ1) is 7.05. The Morgan fingerprint density at radius 2 is 2.08 bits per heavy atom. The average Bonchev–Trinajstić information content (AvgIpc) is 2.28. The van der Waals surface area contributed by atoms with Gasteiger partial charge in [-0.25, -0.2) is 0 Å². The molecule has 0 bridgehead atoms. The third-order valence-corrected chi connectivity index (χ3v) is 1.58. The Morgan fingerprint density at radius 1 is 1.38 bits per heavy atom. The van der Waals surface area contributed by atoms with Gasteiger partial charge in [-0.2, -0.15) is 5.26 Å². The maximum Gasteiger partial charge on any atom is 0.161 e. The van der Waals surface area contributed by atoms with Crippen molar-refractivity contribution in [3.63, 3.8) is 0 Å². The number of methoxy groups -OCH3 is 2. The van der Waals surface area contributed by atoms with E-state index in [0.717, 1.165) is 0 Å². The van der Waals surface area contributed by atoms with Crippen molar-refractivity contribution in [1.82, 2.24) is 0 Å². The zero-order chi connectivity index (χ0) is 11.5. The van der Waals surface area contributed by atoms with Crippen LogP contribution in [-0.2, 0) is 6.37 Å². The average molecular weight is 179 g/mol. The van der Waals surface area contributed by atoms with E-state index in [1.165, 1.54) is 26.4 Å². The van der Waals surface area contributed by atoms with E-state index in [1.807, 2.05) is 0 Å². The number of nitriles is 1. The van der Waals surface area contributed by atoms with Crippen LogP contribution in [0.15, 0.2) is 18.2 Å². The molecule has 0 N–H and O–H groups in total. The maximum atomic E-state index is 8.64. The van der Waals surface area contributed by atoms with Crippen molar-refractivity contribution < 1.29 is 12.2 Å². The van der Waals surface area contributed by atoms with E-state index < -0.39 is 6.37 Å². The third-order valence-electron chi connectivity index (χ3n) is 1.58. The van der Waals surface area contributed by atoms with Crippen molar-refractivity contribution in [2.75, 3.05) is 14.2 Å². The zero-order valence-electron chi connectivity index (χ0n) is 9.50. The standard InChI is InChI=1S/C10H11NO2/c1-12-9-4-3-8(5-6-11)7-10(9)13-2/h3-4,7H,5H2,1-2H3/i5D2. The molecule has 0 atom stereocenters. The van der Waals surface area contributed by atoms with Gasteiger partial charge in [0.25, 0.3) is 0 Å². The first-order valence-corrected chi connectivity index (χ1v) is 3.69. The van der Waals surface area contributed by atoms with E-state index in [2.05, 4.69) is 0 Å². The highest BCUT2D eigenvalue weighted by molar-refractivity contribution is 5.43. The molecule has 3 heteroatoms. The van der Waals surface area contributed by atoms with Gasteiger partial charge in [0, 0.05) is 2.74 Å². The Bertz CT molecular complexity index is 399. The molecule has 13 heavy (non-hydrogen) atoms. The molecule has 0 aliphatic rings. The summed E-state index contributed by atoms with van der Waals surface area (Å²) >= 11 is 0.